The second-order valence-electron chi connectivity index (χ2n) is 10.0. The maximum absolute atomic E-state index is 9.92. The van der Waals surface area contributed by atoms with Crippen molar-refractivity contribution in [1.82, 2.24) is 4.90 Å². The van der Waals surface area contributed by atoms with Crippen LogP contribution in [0.5, 0.6) is 17.2 Å². The zero-order chi connectivity index (χ0) is 25.7. The first kappa shape index (κ1) is 25.9. The molecule has 0 fully saturated rings. The highest BCUT2D eigenvalue weighted by Gasteiger charge is 2.26. The van der Waals surface area contributed by atoms with E-state index in [0.717, 1.165) is 56.8 Å². The van der Waals surface area contributed by atoms with Crippen molar-refractivity contribution < 1.29 is 14.6 Å². The first-order valence-corrected chi connectivity index (χ1v) is 13.0. The van der Waals surface area contributed by atoms with E-state index in [9.17, 15) is 5.11 Å². The second kappa shape index (κ2) is 11.7. The lowest BCUT2D eigenvalue weighted by Gasteiger charge is -2.32. The van der Waals surface area contributed by atoms with Gasteiger partial charge in [0.25, 0.3) is 0 Å². The molecule has 192 valence electrons. The molecule has 4 rings (SSSR count). The second-order valence-corrected chi connectivity index (χ2v) is 10.0. The fraction of sp³-hybridized carbons (Fsp3) is 0.419. The van der Waals surface area contributed by atoms with Crippen LogP contribution in [-0.2, 0) is 25.8 Å². The van der Waals surface area contributed by atoms with E-state index in [1.807, 2.05) is 6.07 Å². The number of fused-ring (bicyclic) bond motifs is 1. The van der Waals surface area contributed by atoms with Crippen LogP contribution in [0, 0.1) is 0 Å². The van der Waals surface area contributed by atoms with Gasteiger partial charge in [0, 0.05) is 31.4 Å². The standard InChI is InChI=1S/C31H40N2O3/c1-6-33(21-23-9-7-22(8-10-23)15-16-32(2)3)29-20-31(36-5)30(35-4)19-28(29)26-12-11-25-18-27(34)14-13-24(25)17-26/h7-10,13-14,18-20,26,34H,6,11-12,15-17,21H2,1-5H3/t26-/m1/s1. The molecule has 0 unspecified atom stereocenters. The fourth-order valence-electron chi connectivity index (χ4n) is 5.24. The third-order valence-electron chi connectivity index (χ3n) is 7.36. The number of aromatic hydroxyl groups is 1. The molecule has 1 aliphatic carbocycles. The predicted molar refractivity (Wildman–Crippen MR) is 148 cm³/mol. The van der Waals surface area contributed by atoms with Crippen LogP contribution in [-0.4, -0.2) is 51.4 Å². The molecule has 0 heterocycles. The van der Waals surface area contributed by atoms with E-state index in [4.69, 9.17) is 9.47 Å². The van der Waals surface area contributed by atoms with Crippen molar-refractivity contribution in [2.75, 3.05) is 46.3 Å². The van der Waals surface area contributed by atoms with E-state index >= 15 is 0 Å². The Morgan fingerprint density at radius 3 is 2.25 bits per heavy atom. The Hall–Kier alpha value is -3.18. The molecule has 1 atom stereocenters. The summed E-state index contributed by atoms with van der Waals surface area (Å²) < 4.78 is 11.4. The largest absolute Gasteiger partial charge is 0.508 e. The molecule has 3 aromatic carbocycles. The van der Waals surface area contributed by atoms with E-state index in [0.29, 0.717) is 11.7 Å². The number of benzene rings is 3. The molecule has 3 aromatic rings. The number of hydrogen-bond donors (Lipinski definition) is 1. The van der Waals surface area contributed by atoms with Gasteiger partial charge in [-0.3, -0.25) is 0 Å². The Morgan fingerprint density at radius 1 is 0.889 bits per heavy atom. The molecule has 0 aliphatic heterocycles. The molecule has 0 saturated heterocycles. The summed E-state index contributed by atoms with van der Waals surface area (Å²) in [5, 5.41) is 9.92. The van der Waals surface area contributed by atoms with Crippen molar-refractivity contribution in [2.45, 2.75) is 45.1 Å². The van der Waals surface area contributed by atoms with Gasteiger partial charge in [0.2, 0.25) is 0 Å². The first-order valence-electron chi connectivity index (χ1n) is 13.0. The maximum atomic E-state index is 9.92. The molecule has 36 heavy (non-hydrogen) atoms. The molecule has 0 bridgehead atoms. The van der Waals surface area contributed by atoms with Gasteiger partial charge < -0.3 is 24.4 Å². The molecule has 1 N–H and O–H groups in total. The van der Waals surface area contributed by atoms with Crippen LogP contribution in [0.4, 0.5) is 5.69 Å². The quantitative estimate of drug-likeness (QED) is 0.390. The number of anilines is 1. The average molecular weight is 489 g/mol. The lowest BCUT2D eigenvalue weighted by atomic mass is 9.79. The van der Waals surface area contributed by atoms with Crippen molar-refractivity contribution >= 4 is 5.69 Å². The van der Waals surface area contributed by atoms with Crippen LogP contribution in [0.2, 0.25) is 0 Å². The first-order chi connectivity index (χ1) is 17.4. The van der Waals surface area contributed by atoms with Gasteiger partial charge in [-0.05, 0) is 98.6 Å². The lowest BCUT2D eigenvalue weighted by Crippen LogP contribution is -2.25. The Kier molecular flexibility index (Phi) is 8.42. The van der Waals surface area contributed by atoms with Gasteiger partial charge in [-0.1, -0.05) is 30.3 Å². The van der Waals surface area contributed by atoms with Gasteiger partial charge in [-0.25, -0.2) is 0 Å². The molecular weight excluding hydrogens is 448 g/mol. The monoisotopic (exact) mass is 488 g/mol. The minimum absolute atomic E-state index is 0.351. The van der Waals surface area contributed by atoms with Crippen LogP contribution in [0.3, 0.4) is 0 Å². The Bertz CT molecular complexity index is 1160. The molecule has 0 spiro atoms. The summed E-state index contributed by atoms with van der Waals surface area (Å²) in [7, 11) is 7.63. The van der Waals surface area contributed by atoms with Gasteiger partial charge >= 0.3 is 0 Å². The predicted octanol–water partition coefficient (Wildman–Crippen LogP) is 5.81. The third kappa shape index (κ3) is 5.96. The minimum Gasteiger partial charge on any atom is -0.508 e. The lowest BCUT2D eigenvalue weighted by molar-refractivity contribution is 0.354. The zero-order valence-corrected chi connectivity index (χ0v) is 22.4. The summed E-state index contributed by atoms with van der Waals surface area (Å²) in [6.45, 7) is 5.00. The number of aryl methyl sites for hydroxylation is 1. The van der Waals surface area contributed by atoms with Crippen molar-refractivity contribution in [3.05, 3.63) is 82.4 Å². The molecule has 1 aliphatic rings. The number of phenolic OH excluding ortho intramolecular Hbond substituents is 1. The minimum atomic E-state index is 0.351. The average Bonchev–Trinajstić information content (AvgIpc) is 2.90. The van der Waals surface area contributed by atoms with Crippen molar-refractivity contribution in [3.63, 3.8) is 0 Å². The molecule has 0 radical (unpaired) electrons. The molecule has 5 nitrogen and oxygen atoms in total. The smallest absolute Gasteiger partial charge is 0.162 e. The van der Waals surface area contributed by atoms with Crippen LogP contribution < -0.4 is 14.4 Å². The van der Waals surface area contributed by atoms with E-state index in [1.54, 1.807) is 20.3 Å². The van der Waals surface area contributed by atoms with E-state index in [-0.39, 0.29) is 0 Å². The van der Waals surface area contributed by atoms with Crippen molar-refractivity contribution in [3.8, 4) is 17.2 Å². The number of nitrogens with zero attached hydrogens (tertiary/aromatic N) is 2. The summed E-state index contributed by atoms with van der Waals surface area (Å²) in [4.78, 5) is 4.66. The van der Waals surface area contributed by atoms with Gasteiger partial charge in [0.05, 0.1) is 14.2 Å². The number of rotatable bonds is 10. The molecule has 0 saturated carbocycles. The SMILES string of the molecule is CCN(Cc1ccc(CCN(C)C)cc1)c1cc(OC)c(OC)cc1[C@@H]1CCc2cc(O)ccc2C1. The summed E-state index contributed by atoms with van der Waals surface area (Å²) in [5.41, 5.74) is 7.76. The van der Waals surface area contributed by atoms with Gasteiger partial charge in [-0.15, -0.1) is 0 Å². The van der Waals surface area contributed by atoms with Gasteiger partial charge in [-0.2, -0.15) is 0 Å². The molecule has 0 amide bonds. The summed E-state index contributed by atoms with van der Waals surface area (Å²) >= 11 is 0. The normalized spacial score (nSPS) is 15.0. The molecule has 5 heteroatoms. The fourth-order valence-corrected chi connectivity index (χ4v) is 5.24. The highest BCUT2D eigenvalue weighted by molar-refractivity contribution is 5.64. The third-order valence-corrected chi connectivity index (χ3v) is 7.36. The number of phenols is 1. The Labute approximate surface area is 216 Å². The van der Waals surface area contributed by atoms with Crippen LogP contribution >= 0.6 is 0 Å². The number of ether oxygens (including phenoxy) is 2. The van der Waals surface area contributed by atoms with Crippen molar-refractivity contribution in [1.29, 1.82) is 0 Å². The Balaban J connectivity index is 1.64. The summed E-state index contributed by atoms with van der Waals surface area (Å²) in [6.07, 6.45) is 4.02. The summed E-state index contributed by atoms with van der Waals surface area (Å²) in [5.74, 6) is 2.26. The van der Waals surface area contributed by atoms with Crippen LogP contribution in [0.1, 0.15) is 47.1 Å². The van der Waals surface area contributed by atoms with Gasteiger partial charge in [0.15, 0.2) is 11.5 Å². The topological polar surface area (TPSA) is 45.2 Å². The van der Waals surface area contributed by atoms with E-state index in [2.05, 4.69) is 73.3 Å². The molecular formula is C31H40N2O3. The van der Waals surface area contributed by atoms with Crippen molar-refractivity contribution in [2.24, 2.45) is 0 Å². The van der Waals surface area contributed by atoms with Gasteiger partial charge in [0.1, 0.15) is 5.75 Å². The zero-order valence-electron chi connectivity index (χ0n) is 22.4. The van der Waals surface area contributed by atoms with E-state index in [1.165, 1.54) is 33.5 Å². The summed E-state index contributed by atoms with van der Waals surface area (Å²) in [6, 6.07) is 19.2. The Morgan fingerprint density at radius 2 is 1.58 bits per heavy atom. The van der Waals surface area contributed by atoms with Crippen LogP contribution in [0.15, 0.2) is 54.6 Å². The number of hydrogen-bond acceptors (Lipinski definition) is 5. The number of methoxy groups -OCH3 is 2. The highest BCUT2D eigenvalue weighted by Crippen LogP contribution is 2.43. The number of likely N-dealkylation sites (N-methyl/N-ethyl adjacent to an activating group) is 1. The highest BCUT2D eigenvalue weighted by atomic mass is 16.5. The molecule has 0 aromatic heterocycles. The maximum Gasteiger partial charge on any atom is 0.162 e. The van der Waals surface area contributed by atoms with E-state index < -0.39 is 0 Å². The van der Waals surface area contributed by atoms with Crippen LogP contribution in [0.25, 0.3) is 0 Å².